The molecule has 2 amide bonds. The lowest BCUT2D eigenvalue weighted by Crippen LogP contribution is -2.14. The lowest BCUT2D eigenvalue weighted by Gasteiger charge is -2.10. The molecule has 3 aromatic rings. The van der Waals surface area contributed by atoms with Crippen molar-refractivity contribution in [1.29, 1.82) is 0 Å². The van der Waals surface area contributed by atoms with E-state index in [1.54, 1.807) is 29.2 Å². The first-order chi connectivity index (χ1) is 12.7. The summed E-state index contributed by atoms with van der Waals surface area (Å²) in [5, 5.41) is 7.75. The highest BCUT2D eigenvalue weighted by molar-refractivity contribution is 7.98. The topological polar surface area (TPSA) is 58.2 Å². The fourth-order valence-electron chi connectivity index (χ4n) is 2.81. The molecule has 2 N–H and O–H groups in total. The number of amides is 2. The fraction of sp³-hybridized carbons (Fsp3) is 0.100. The van der Waals surface area contributed by atoms with Crippen molar-refractivity contribution in [3.63, 3.8) is 0 Å². The zero-order valence-electron chi connectivity index (χ0n) is 13.8. The molecule has 130 valence electrons. The van der Waals surface area contributed by atoms with Crippen LogP contribution < -0.4 is 10.6 Å². The average molecular weight is 380 g/mol. The van der Waals surface area contributed by atoms with Crippen molar-refractivity contribution in [2.24, 2.45) is 0 Å². The van der Waals surface area contributed by atoms with E-state index >= 15 is 0 Å². The van der Waals surface area contributed by atoms with Crippen LogP contribution in [-0.2, 0) is 12.3 Å². The zero-order valence-corrected chi connectivity index (χ0v) is 15.5. The van der Waals surface area contributed by atoms with Crippen LogP contribution in [0.1, 0.15) is 31.2 Å². The Labute approximate surface area is 159 Å². The van der Waals surface area contributed by atoms with E-state index in [2.05, 4.69) is 22.1 Å². The van der Waals surface area contributed by atoms with Gasteiger partial charge in [-0.2, -0.15) is 0 Å². The van der Waals surface area contributed by atoms with E-state index in [9.17, 15) is 9.59 Å². The van der Waals surface area contributed by atoms with Crippen molar-refractivity contribution in [1.82, 2.24) is 5.32 Å². The number of hydrogen-bond donors (Lipinski definition) is 2. The molecule has 2 heterocycles. The van der Waals surface area contributed by atoms with Crippen molar-refractivity contribution in [2.45, 2.75) is 17.2 Å². The zero-order chi connectivity index (χ0) is 17.9. The van der Waals surface area contributed by atoms with Gasteiger partial charge in [0.05, 0.1) is 5.56 Å². The Morgan fingerprint density at radius 3 is 2.88 bits per heavy atom. The van der Waals surface area contributed by atoms with Crippen LogP contribution in [0.5, 0.6) is 0 Å². The molecule has 2 aromatic carbocycles. The van der Waals surface area contributed by atoms with Crippen LogP contribution in [0.25, 0.3) is 0 Å². The Bertz CT molecular complexity index is 968. The predicted octanol–water partition coefficient (Wildman–Crippen LogP) is 4.54. The number of thioether (sulfide) groups is 1. The van der Waals surface area contributed by atoms with Gasteiger partial charge in [-0.3, -0.25) is 9.59 Å². The van der Waals surface area contributed by atoms with E-state index in [4.69, 9.17) is 0 Å². The summed E-state index contributed by atoms with van der Waals surface area (Å²) < 4.78 is 0. The van der Waals surface area contributed by atoms with Crippen molar-refractivity contribution in [2.75, 3.05) is 5.32 Å². The molecule has 4 rings (SSSR count). The maximum Gasteiger partial charge on any atom is 0.256 e. The summed E-state index contributed by atoms with van der Waals surface area (Å²) >= 11 is 3.36. The molecule has 0 saturated carbocycles. The molecular weight excluding hydrogens is 364 g/mol. The van der Waals surface area contributed by atoms with Gasteiger partial charge in [0.2, 0.25) is 0 Å². The SMILES string of the molecule is O=C1NCc2ccc(NC(=O)c3ccccc3SCc3cccs3)cc21. The number of hydrogen-bond acceptors (Lipinski definition) is 4. The number of carbonyl (C=O) groups is 2. The molecule has 0 bridgehead atoms. The Balaban J connectivity index is 1.51. The molecule has 0 aliphatic carbocycles. The molecule has 0 atom stereocenters. The molecule has 1 aromatic heterocycles. The molecule has 26 heavy (non-hydrogen) atoms. The van der Waals surface area contributed by atoms with Gasteiger partial charge in [-0.1, -0.05) is 24.3 Å². The lowest BCUT2D eigenvalue weighted by atomic mass is 10.1. The largest absolute Gasteiger partial charge is 0.348 e. The Hall–Kier alpha value is -2.57. The maximum absolute atomic E-state index is 12.8. The molecule has 0 saturated heterocycles. The van der Waals surface area contributed by atoms with Crippen LogP contribution in [0, 0.1) is 0 Å². The number of rotatable bonds is 5. The molecule has 0 spiro atoms. The highest BCUT2D eigenvalue weighted by Gasteiger charge is 2.19. The van der Waals surface area contributed by atoms with E-state index in [-0.39, 0.29) is 11.8 Å². The van der Waals surface area contributed by atoms with Crippen molar-refractivity contribution in [3.05, 3.63) is 81.5 Å². The van der Waals surface area contributed by atoms with Gasteiger partial charge in [0.25, 0.3) is 11.8 Å². The first-order valence-corrected chi connectivity index (χ1v) is 10.0. The van der Waals surface area contributed by atoms with Gasteiger partial charge in [0.15, 0.2) is 0 Å². The van der Waals surface area contributed by atoms with Crippen LogP contribution in [0.4, 0.5) is 5.69 Å². The lowest BCUT2D eigenvalue weighted by molar-refractivity contribution is 0.0964. The van der Waals surface area contributed by atoms with E-state index in [0.29, 0.717) is 23.4 Å². The van der Waals surface area contributed by atoms with E-state index < -0.39 is 0 Å². The molecule has 4 nitrogen and oxygen atoms in total. The number of anilines is 1. The second-order valence-electron chi connectivity index (χ2n) is 5.87. The summed E-state index contributed by atoms with van der Waals surface area (Å²) in [6, 6.07) is 17.2. The Morgan fingerprint density at radius 2 is 2.04 bits per heavy atom. The molecule has 6 heteroatoms. The molecule has 0 radical (unpaired) electrons. The van der Waals surface area contributed by atoms with Gasteiger partial charge in [0.1, 0.15) is 0 Å². The first-order valence-electron chi connectivity index (χ1n) is 8.17. The fourth-order valence-corrected chi connectivity index (χ4v) is 4.64. The highest BCUT2D eigenvalue weighted by Crippen LogP contribution is 2.29. The van der Waals surface area contributed by atoms with Gasteiger partial charge in [0, 0.05) is 33.3 Å². The third kappa shape index (κ3) is 3.52. The third-order valence-electron chi connectivity index (χ3n) is 4.13. The molecule has 0 unspecified atom stereocenters. The first kappa shape index (κ1) is 16.9. The monoisotopic (exact) mass is 380 g/mol. The van der Waals surface area contributed by atoms with Crippen molar-refractivity contribution >= 4 is 40.6 Å². The summed E-state index contributed by atoms with van der Waals surface area (Å²) in [6.07, 6.45) is 0. The normalized spacial score (nSPS) is 12.5. The number of thiophene rings is 1. The molecule has 1 aliphatic heterocycles. The van der Waals surface area contributed by atoms with Crippen LogP contribution in [0.15, 0.2) is 64.9 Å². The van der Waals surface area contributed by atoms with Crippen molar-refractivity contribution < 1.29 is 9.59 Å². The second kappa shape index (κ2) is 7.35. The molecule has 1 aliphatic rings. The Kier molecular flexibility index (Phi) is 4.77. The van der Waals surface area contributed by atoms with E-state index in [0.717, 1.165) is 16.2 Å². The molecule has 0 fully saturated rings. The summed E-state index contributed by atoms with van der Waals surface area (Å²) in [5.41, 5.74) is 2.85. The van der Waals surface area contributed by atoms with Crippen molar-refractivity contribution in [3.8, 4) is 0 Å². The second-order valence-corrected chi connectivity index (χ2v) is 7.92. The number of fused-ring (bicyclic) bond motifs is 1. The van der Waals surface area contributed by atoms with Crippen LogP contribution in [0.3, 0.4) is 0 Å². The quantitative estimate of drug-likeness (QED) is 0.639. The molecular formula is C20H16N2O2S2. The van der Waals surface area contributed by atoms with E-state index in [1.807, 2.05) is 42.5 Å². The van der Waals surface area contributed by atoms with Crippen LogP contribution in [0.2, 0.25) is 0 Å². The standard InChI is InChI=1S/C20H16N2O2S2/c23-19-17-10-14(8-7-13(17)11-21-19)22-20(24)16-5-1-2-6-18(16)26-12-15-4-3-9-25-15/h1-10H,11-12H2,(H,21,23)(H,22,24). The summed E-state index contributed by atoms with van der Waals surface area (Å²) in [5.74, 6) is 0.571. The minimum Gasteiger partial charge on any atom is -0.348 e. The minimum atomic E-state index is -0.169. The number of nitrogens with one attached hydrogen (secondary N) is 2. The van der Waals surface area contributed by atoms with Gasteiger partial charge >= 0.3 is 0 Å². The van der Waals surface area contributed by atoms with E-state index in [1.165, 1.54) is 4.88 Å². The third-order valence-corrected chi connectivity index (χ3v) is 6.31. The van der Waals surface area contributed by atoms with Crippen LogP contribution >= 0.6 is 23.1 Å². The predicted molar refractivity (Wildman–Crippen MR) is 106 cm³/mol. The summed E-state index contributed by atoms with van der Waals surface area (Å²) in [7, 11) is 0. The van der Waals surface area contributed by atoms with Gasteiger partial charge in [-0.15, -0.1) is 23.1 Å². The van der Waals surface area contributed by atoms with Gasteiger partial charge < -0.3 is 10.6 Å². The highest BCUT2D eigenvalue weighted by atomic mass is 32.2. The number of carbonyl (C=O) groups excluding carboxylic acids is 2. The maximum atomic E-state index is 12.8. The van der Waals surface area contributed by atoms with Gasteiger partial charge in [-0.05, 0) is 41.3 Å². The van der Waals surface area contributed by atoms with Crippen LogP contribution in [-0.4, -0.2) is 11.8 Å². The van der Waals surface area contributed by atoms with Gasteiger partial charge in [-0.25, -0.2) is 0 Å². The summed E-state index contributed by atoms with van der Waals surface area (Å²) in [4.78, 5) is 26.8. The Morgan fingerprint density at radius 1 is 1.15 bits per heavy atom. The average Bonchev–Trinajstić information content (AvgIpc) is 3.30. The number of benzene rings is 2. The summed E-state index contributed by atoms with van der Waals surface area (Å²) in [6.45, 7) is 0.546. The smallest absolute Gasteiger partial charge is 0.256 e. The minimum absolute atomic E-state index is 0.0944.